The highest BCUT2D eigenvalue weighted by molar-refractivity contribution is 5.72. The quantitative estimate of drug-likeness (QED) is 0.595. The molecule has 1 aromatic rings. The molecular weight excluding hydrogens is 154 g/mol. The Labute approximate surface area is 72.0 Å². The Morgan fingerprint density at radius 2 is 1.58 bits per heavy atom. The predicted molar refractivity (Wildman–Crippen MR) is 47.8 cm³/mol. The average molecular weight is 167 g/mol. The van der Waals surface area contributed by atoms with E-state index in [0.29, 0.717) is 0 Å². The zero-order chi connectivity index (χ0) is 9.23. The molecule has 1 heterocycles. The second-order valence-corrected chi connectivity index (χ2v) is 1.85. The van der Waals surface area contributed by atoms with Gasteiger partial charge >= 0.3 is 6.03 Å². The lowest BCUT2D eigenvalue weighted by molar-refractivity contribution is 0.245. The van der Waals surface area contributed by atoms with Crippen LogP contribution >= 0.6 is 0 Å². The van der Waals surface area contributed by atoms with E-state index in [-0.39, 0.29) is 6.03 Å². The van der Waals surface area contributed by atoms with E-state index in [1.165, 1.54) is 0 Å². The van der Waals surface area contributed by atoms with Gasteiger partial charge in [-0.2, -0.15) is 0 Å². The molecule has 0 aliphatic carbocycles. The molecule has 4 heteroatoms. The molecule has 1 aromatic heterocycles. The molecule has 0 aliphatic rings. The van der Waals surface area contributed by atoms with Crippen molar-refractivity contribution in [3.05, 3.63) is 30.6 Å². The Morgan fingerprint density at radius 1 is 1.08 bits per heavy atom. The number of hydrogen-bond donors (Lipinski definition) is 2. The van der Waals surface area contributed by atoms with Crippen molar-refractivity contribution in [3.8, 4) is 0 Å². The number of nitrogens with one attached hydrogen (secondary N) is 2. The molecule has 0 aromatic carbocycles. The molecule has 2 N–H and O–H groups in total. The summed E-state index contributed by atoms with van der Waals surface area (Å²) < 4.78 is 0. The van der Waals surface area contributed by atoms with Gasteiger partial charge in [0.1, 0.15) is 0 Å². The Bertz CT molecular complexity index is 168. The fourth-order valence-electron chi connectivity index (χ4n) is 0.438. The molecule has 0 saturated carbocycles. The van der Waals surface area contributed by atoms with E-state index in [9.17, 15) is 4.79 Å². The molecule has 4 nitrogen and oxygen atoms in total. The number of urea groups is 1. The van der Waals surface area contributed by atoms with Crippen molar-refractivity contribution in [3.63, 3.8) is 0 Å². The summed E-state index contributed by atoms with van der Waals surface area (Å²) >= 11 is 0. The number of carbonyl (C=O) groups is 1. The summed E-state index contributed by atoms with van der Waals surface area (Å²) in [5.74, 6) is 0. The largest absolute Gasteiger partial charge is 0.341 e. The fourth-order valence-corrected chi connectivity index (χ4v) is 0.438. The second kappa shape index (κ2) is 7.53. The monoisotopic (exact) mass is 167 g/mol. The molecule has 1 rings (SSSR count). The molecule has 66 valence electrons. The molecule has 0 bridgehead atoms. The van der Waals surface area contributed by atoms with Crippen molar-refractivity contribution >= 4 is 6.03 Å². The summed E-state index contributed by atoms with van der Waals surface area (Å²) in [6.45, 7) is 0. The van der Waals surface area contributed by atoms with E-state index in [1.54, 1.807) is 26.5 Å². The summed E-state index contributed by atoms with van der Waals surface area (Å²) in [7, 11) is 3.14. The lowest BCUT2D eigenvalue weighted by Gasteiger charge is -1.91. The first-order chi connectivity index (χ1) is 5.81. The highest BCUT2D eigenvalue weighted by Crippen LogP contribution is 1.73. The second-order valence-electron chi connectivity index (χ2n) is 1.85. The van der Waals surface area contributed by atoms with Gasteiger partial charge in [0.15, 0.2) is 0 Å². The number of carbonyl (C=O) groups excluding carboxylic acids is 1. The van der Waals surface area contributed by atoms with Crippen molar-refractivity contribution in [1.82, 2.24) is 15.6 Å². The Balaban J connectivity index is 0.000000202. The molecule has 0 fully saturated rings. The van der Waals surface area contributed by atoms with Crippen LogP contribution in [0.3, 0.4) is 0 Å². The number of aromatic nitrogens is 1. The number of rotatable bonds is 0. The summed E-state index contributed by atoms with van der Waals surface area (Å²) in [6.07, 6.45) is 3.50. The minimum Gasteiger partial charge on any atom is -0.341 e. The summed E-state index contributed by atoms with van der Waals surface area (Å²) in [5, 5.41) is 4.73. The third-order valence-electron chi connectivity index (χ3n) is 1.02. The number of amides is 2. The Kier molecular flexibility index (Phi) is 6.54. The predicted octanol–water partition coefficient (Wildman–Crippen LogP) is 0.627. The third kappa shape index (κ3) is 6.54. The lowest BCUT2D eigenvalue weighted by Crippen LogP contribution is -2.28. The number of hydrogen-bond acceptors (Lipinski definition) is 2. The van der Waals surface area contributed by atoms with Gasteiger partial charge in [-0.3, -0.25) is 4.98 Å². The molecule has 0 spiro atoms. The zero-order valence-corrected chi connectivity index (χ0v) is 7.24. The van der Waals surface area contributed by atoms with Crippen LogP contribution in [0, 0.1) is 0 Å². The van der Waals surface area contributed by atoms with E-state index in [2.05, 4.69) is 15.6 Å². The summed E-state index contributed by atoms with van der Waals surface area (Å²) in [6, 6.07) is 5.56. The van der Waals surface area contributed by atoms with Crippen LogP contribution in [0.15, 0.2) is 30.6 Å². The van der Waals surface area contributed by atoms with Gasteiger partial charge in [-0.05, 0) is 12.1 Å². The van der Waals surface area contributed by atoms with Crippen LogP contribution in [0.4, 0.5) is 4.79 Å². The van der Waals surface area contributed by atoms with Crippen molar-refractivity contribution in [1.29, 1.82) is 0 Å². The Hall–Kier alpha value is -1.58. The molecule has 0 unspecified atom stereocenters. The summed E-state index contributed by atoms with van der Waals surface area (Å²) in [4.78, 5) is 13.7. The Morgan fingerprint density at radius 3 is 1.67 bits per heavy atom. The van der Waals surface area contributed by atoms with Crippen LogP contribution in [0.2, 0.25) is 0 Å². The van der Waals surface area contributed by atoms with E-state index >= 15 is 0 Å². The maximum absolute atomic E-state index is 9.96. The van der Waals surface area contributed by atoms with Crippen LogP contribution in [-0.2, 0) is 0 Å². The normalized spacial score (nSPS) is 7.50. The van der Waals surface area contributed by atoms with Crippen LogP contribution in [0.1, 0.15) is 0 Å². The van der Waals surface area contributed by atoms with Gasteiger partial charge in [0, 0.05) is 26.5 Å². The van der Waals surface area contributed by atoms with Gasteiger partial charge < -0.3 is 10.6 Å². The van der Waals surface area contributed by atoms with Crippen LogP contribution in [0.25, 0.3) is 0 Å². The highest BCUT2D eigenvalue weighted by Gasteiger charge is 1.81. The highest BCUT2D eigenvalue weighted by atomic mass is 16.2. The minimum absolute atomic E-state index is 0.157. The molecular formula is C8H13N3O. The van der Waals surface area contributed by atoms with Crippen molar-refractivity contribution in [2.75, 3.05) is 14.1 Å². The number of nitrogens with zero attached hydrogens (tertiary/aromatic N) is 1. The topological polar surface area (TPSA) is 54.0 Å². The van der Waals surface area contributed by atoms with Crippen LogP contribution < -0.4 is 10.6 Å². The molecule has 0 atom stereocenters. The van der Waals surface area contributed by atoms with Gasteiger partial charge in [0.05, 0.1) is 0 Å². The first kappa shape index (κ1) is 10.4. The van der Waals surface area contributed by atoms with Crippen molar-refractivity contribution in [2.24, 2.45) is 0 Å². The van der Waals surface area contributed by atoms with Crippen LogP contribution in [-0.4, -0.2) is 25.1 Å². The smallest absolute Gasteiger partial charge is 0.314 e. The first-order valence-electron chi connectivity index (χ1n) is 3.55. The lowest BCUT2D eigenvalue weighted by atomic mass is 10.5. The maximum atomic E-state index is 9.96. The van der Waals surface area contributed by atoms with E-state index < -0.39 is 0 Å². The van der Waals surface area contributed by atoms with Gasteiger partial charge in [-0.15, -0.1) is 0 Å². The minimum atomic E-state index is -0.157. The average Bonchev–Trinajstić information content (AvgIpc) is 2.20. The van der Waals surface area contributed by atoms with Gasteiger partial charge in [0.2, 0.25) is 0 Å². The first-order valence-corrected chi connectivity index (χ1v) is 3.55. The van der Waals surface area contributed by atoms with E-state index in [4.69, 9.17) is 0 Å². The van der Waals surface area contributed by atoms with Gasteiger partial charge in [-0.25, -0.2) is 4.79 Å². The molecule has 0 aliphatic heterocycles. The van der Waals surface area contributed by atoms with E-state index in [1.807, 2.05) is 18.2 Å². The zero-order valence-electron chi connectivity index (χ0n) is 7.24. The molecule has 2 amide bonds. The standard InChI is InChI=1S/C5H5N.C3H8N2O/c1-2-4-6-5-3-1;1-4-3(6)5-2/h1-5H;1-2H3,(H2,4,5,6). The molecule has 0 saturated heterocycles. The van der Waals surface area contributed by atoms with Crippen molar-refractivity contribution in [2.45, 2.75) is 0 Å². The number of pyridine rings is 1. The fraction of sp³-hybridized carbons (Fsp3) is 0.250. The SMILES string of the molecule is CNC(=O)NC.c1ccncc1. The third-order valence-corrected chi connectivity index (χ3v) is 1.02. The van der Waals surface area contributed by atoms with Gasteiger partial charge in [0.25, 0.3) is 0 Å². The van der Waals surface area contributed by atoms with E-state index in [0.717, 1.165) is 0 Å². The summed E-state index contributed by atoms with van der Waals surface area (Å²) in [5.41, 5.74) is 0. The van der Waals surface area contributed by atoms with Crippen LogP contribution in [0.5, 0.6) is 0 Å². The molecule has 12 heavy (non-hydrogen) atoms. The molecule has 0 radical (unpaired) electrons. The van der Waals surface area contributed by atoms with Crippen molar-refractivity contribution < 1.29 is 4.79 Å². The van der Waals surface area contributed by atoms with Gasteiger partial charge in [-0.1, -0.05) is 6.07 Å². The maximum Gasteiger partial charge on any atom is 0.314 e.